The third-order valence-corrected chi connectivity index (χ3v) is 5.14. The highest BCUT2D eigenvalue weighted by Crippen LogP contribution is 2.29. The van der Waals surface area contributed by atoms with E-state index in [0.29, 0.717) is 11.4 Å². The number of benzene rings is 2. The van der Waals surface area contributed by atoms with Gasteiger partial charge in [0.25, 0.3) is 11.8 Å². The average Bonchev–Trinajstić information content (AvgIpc) is 3.38. The minimum Gasteiger partial charge on any atom is -0.461 e. The fraction of sp³-hybridized carbons (Fsp3) is 0.200. The maximum atomic E-state index is 13.4. The average molecular weight is 474 g/mol. The molecule has 1 atom stereocenters. The van der Waals surface area contributed by atoms with Gasteiger partial charge < -0.3 is 9.47 Å². The van der Waals surface area contributed by atoms with Crippen LogP contribution in [0.3, 0.4) is 0 Å². The first-order valence-corrected chi connectivity index (χ1v) is 11.0. The Hall–Kier alpha value is -4.60. The molecular formula is C25H22N4O6. The van der Waals surface area contributed by atoms with Crippen molar-refractivity contribution in [1.29, 1.82) is 0 Å². The lowest BCUT2D eigenvalue weighted by Gasteiger charge is -2.13. The molecule has 4 rings (SSSR count). The standard InChI is InChI=1S/C25H22N4O6/c1-3-34-24(32)20-18(22(30)28(26-20)16-11-7-5-8-12-16)15-19-21(25(33)35-4-2)27-29(23(19)31)17-13-9-6-10-14-17/h5-15,18H,3-4H2,1-2H3/b19-15+/t18-/m1/s1. The van der Waals surface area contributed by atoms with Gasteiger partial charge in [-0.05, 0) is 38.1 Å². The summed E-state index contributed by atoms with van der Waals surface area (Å²) in [6.45, 7) is 3.38. The topological polar surface area (TPSA) is 118 Å². The maximum absolute atomic E-state index is 13.4. The van der Waals surface area contributed by atoms with Crippen LogP contribution < -0.4 is 10.0 Å². The zero-order valence-corrected chi connectivity index (χ0v) is 19.1. The molecule has 2 amide bonds. The van der Waals surface area contributed by atoms with E-state index in [0.717, 1.165) is 10.0 Å². The molecule has 2 aliphatic rings. The summed E-state index contributed by atoms with van der Waals surface area (Å²) < 4.78 is 10.2. The van der Waals surface area contributed by atoms with Gasteiger partial charge in [-0.2, -0.15) is 20.2 Å². The van der Waals surface area contributed by atoms with Crippen LogP contribution in [-0.2, 0) is 28.7 Å². The lowest BCUT2D eigenvalue weighted by molar-refractivity contribution is -0.136. The summed E-state index contributed by atoms with van der Waals surface area (Å²) in [5.41, 5.74) is 0.212. The first-order valence-electron chi connectivity index (χ1n) is 11.0. The fourth-order valence-electron chi connectivity index (χ4n) is 3.57. The van der Waals surface area contributed by atoms with Crippen LogP contribution in [0.4, 0.5) is 11.4 Å². The molecule has 10 heteroatoms. The number of hydrogen-bond acceptors (Lipinski definition) is 8. The van der Waals surface area contributed by atoms with Crippen LogP contribution in [0.15, 0.2) is 82.5 Å². The van der Waals surface area contributed by atoms with Gasteiger partial charge in [0, 0.05) is 0 Å². The predicted molar refractivity (Wildman–Crippen MR) is 128 cm³/mol. The number of ether oxygens (including phenoxy) is 2. The third kappa shape index (κ3) is 4.58. The zero-order valence-electron chi connectivity index (χ0n) is 19.1. The smallest absolute Gasteiger partial charge is 0.359 e. The van der Waals surface area contributed by atoms with Gasteiger partial charge in [-0.3, -0.25) is 9.59 Å². The summed E-state index contributed by atoms with van der Waals surface area (Å²) in [6, 6.07) is 17.0. The highest BCUT2D eigenvalue weighted by atomic mass is 16.5. The monoisotopic (exact) mass is 474 g/mol. The molecule has 35 heavy (non-hydrogen) atoms. The molecule has 0 unspecified atom stereocenters. The van der Waals surface area contributed by atoms with E-state index in [1.165, 1.54) is 6.08 Å². The van der Waals surface area contributed by atoms with Crippen molar-refractivity contribution in [2.45, 2.75) is 13.8 Å². The second-order valence-corrected chi connectivity index (χ2v) is 7.37. The fourth-order valence-corrected chi connectivity index (χ4v) is 3.57. The summed E-state index contributed by atoms with van der Waals surface area (Å²) in [6.07, 6.45) is 1.22. The Labute approximate surface area is 201 Å². The summed E-state index contributed by atoms with van der Waals surface area (Å²) in [5.74, 6) is -4.13. The largest absolute Gasteiger partial charge is 0.461 e. The highest BCUT2D eigenvalue weighted by Gasteiger charge is 2.43. The van der Waals surface area contributed by atoms with Crippen LogP contribution in [0.2, 0.25) is 0 Å². The minimum absolute atomic E-state index is 0.0599. The van der Waals surface area contributed by atoms with E-state index in [2.05, 4.69) is 10.2 Å². The van der Waals surface area contributed by atoms with Gasteiger partial charge in [0.15, 0.2) is 11.4 Å². The summed E-state index contributed by atoms with van der Waals surface area (Å²) in [5, 5.41) is 10.5. The van der Waals surface area contributed by atoms with Crippen LogP contribution in [0.1, 0.15) is 13.8 Å². The lowest BCUT2D eigenvalue weighted by atomic mass is 9.97. The number of hydrogen-bond donors (Lipinski definition) is 0. The lowest BCUT2D eigenvalue weighted by Crippen LogP contribution is -2.31. The van der Waals surface area contributed by atoms with Crippen LogP contribution in [-0.4, -0.2) is 48.4 Å². The minimum atomic E-state index is -1.27. The first kappa shape index (κ1) is 23.6. The highest BCUT2D eigenvalue weighted by molar-refractivity contribution is 6.54. The third-order valence-electron chi connectivity index (χ3n) is 5.14. The van der Waals surface area contributed by atoms with Crippen molar-refractivity contribution in [2.75, 3.05) is 23.2 Å². The molecule has 2 aliphatic heterocycles. The molecule has 0 saturated carbocycles. The van der Waals surface area contributed by atoms with Gasteiger partial charge in [-0.15, -0.1) is 0 Å². The second-order valence-electron chi connectivity index (χ2n) is 7.37. The molecule has 0 radical (unpaired) electrons. The molecule has 10 nitrogen and oxygen atoms in total. The quantitative estimate of drug-likeness (QED) is 0.449. The molecular weight excluding hydrogens is 452 g/mol. The number of para-hydroxylation sites is 2. The molecule has 0 fully saturated rings. The molecule has 2 aromatic rings. The Morgan fingerprint density at radius 2 is 1.37 bits per heavy atom. The molecule has 0 aliphatic carbocycles. The molecule has 0 N–H and O–H groups in total. The van der Waals surface area contributed by atoms with E-state index in [1.54, 1.807) is 74.5 Å². The Bertz CT molecular complexity index is 1250. The second kappa shape index (κ2) is 10.1. The Kier molecular flexibility index (Phi) is 6.81. The van der Waals surface area contributed by atoms with Crippen molar-refractivity contribution in [3.05, 3.63) is 72.3 Å². The maximum Gasteiger partial charge on any atom is 0.359 e. The summed E-state index contributed by atoms with van der Waals surface area (Å²) in [7, 11) is 0. The number of rotatable bonds is 7. The van der Waals surface area contributed by atoms with Gasteiger partial charge in [0.2, 0.25) is 0 Å². The molecule has 2 heterocycles. The number of carbonyl (C=O) groups is 4. The number of amides is 2. The van der Waals surface area contributed by atoms with E-state index in [1.807, 2.05) is 0 Å². The van der Waals surface area contributed by atoms with Crippen molar-refractivity contribution >= 4 is 46.6 Å². The van der Waals surface area contributed by atoms with Crippen molar-refractivity contribution in [3.63, 3.8) is 0 Å². The molecule has 0 spiro atoms. The van der Waals surface area contributed by atoms with Gasteiger partial charge in [-0.25, -0.2) is 9.59 Å². The van der Waals surface area contributed by atoms with E-state index >= 15 is 0 Å². The van der Waals surface area contributed by atoms with Crippen molar-refractivity contribution in [1.82, 2.24) is 0 Å². The summed E-state index contributed by atoms with van der Waals surface area (Å²) in [4.78, 5) is 52.0. The van der Waals surface area contributed by atoms with Crippen LogP contribution in [0, 0.1) is 5.92 Å². The van der Waals surface area contributed by atoms with Crippen molar-refractivity contribution in [3.8, 4) is 0 Å². The predicted octanol–water partition coefficient (Wildman–Crippen LogP) is 2.46. The van der Waals surface area contributed by atoms with E-state index in [4.69, 9.17) is 9.47 Å². The summed E-state index contributed by atoms with van der Waals surface area (Å²) >= 11 is 0. The SMILES string of the molecule is CCOC(=O)C1=NN(c2ccccc2)C(=O)/C1=C/[C@H]1C(=O)N(c2ccccc2)N=C1C(=O)OCC. The Morgan fingerprint density at radius 1 is 0.829 bits per heavy atom. The molecule has 178 valence electrons. The van der Waals surface area contributed by atoms with E-state index in [-0.39, 0.29) is 30.2 Å². The van der Waals surface area contributed by atoms with Crippen molar-refractivity contribution in [2.24, 2.45) is 16.1 Å². The molecule has 2 aromatic carbocycles. The number of carbonyl (C=O) groups excluding carboxylic acids is 4. The normalized spacial score (nSPS) is 18.6. The van der Waals surface area contributed by atoms with E-state index < -0.39 is 29.7 Å². The van der Waals surface area contributed by atoms with Gasteiger partial charge in [-0.1, -0.05) is 42.5 Å². The Morgan fingerprint density at radius 3 is 1.94 bits per heavy atom. The van der Waals surface area contributed by atoms with Crippen LogP contribution >= 0.6 is 0 Å². The van der Waals surface area contributed by atoms with Gasteiger partial charge >= 0.3 is 11.9 Å². The Balaban J connectivity index is 1.78. The molecule has 0 aromatic heterocycles. The number of nitrogens with zero attached hydrogens (tertiary/aromatic N) is 4. The number of anilines is 2. The van der Waals surface area contributed by atoms with E-state index in [9.17, 15) is 19.2 Å². The number of hydrazone groups is 2. The van der Waals surface area contributed by atoms with Crippen LogP contribution in [0.25, 0.3) is 0 Å². The molecule has 0 bridgehead atoms. The van der Waals surface area contributed by atoms with Crippen LogP contribution in [0.5, 0.6) is 0 Å². The van der Waals surface area contributed by atoms with Crippen molar-refractivity contribution < 1.29 is 28.7 Å². The van der Waals surface area contributed by atoms with Gasteiger partial charge in [0.1, 0.15) is 5.92 Å². The first-order chi connectivity index (χ1) is 17.0. The molecule has 0 saturated heterocycles. The number of esters is 2. The van der Waals surface area contributed by atoms with Gasteiger partial charge in [0.05, 0.1) is 30.2 Å². The zero-order chi connectivity index (χ0) is 24.9.